The fourth-order valence-corrected chi connectivity index (χ4v) is 4.06. The van der Waals surface area contributed by atoms with Crippen LogP contribution in [0.2, 0.25) is 0 Å². The lowest BCUT2D eigenvalue weighted by atomic mass is 9.70. The largest absolute Gasteiger partial charge is 0.476 e. The lowest BCUT2D eigenvalue weighted by Crippen LogP contribution is -2.56. The van der Waals surface area contributed by atoms with E-state index in [1.165, 1.54) is 4.90 Å². The zero-order valence-electron chi connectivity index (χ0n) is 16.0. The van der Waals surface area contributed by atoms with Crippen LogP contribution in [0.15, 0.2) is 24.3 Å². The molecule has 1 aromatic carbocycles. The lowest BCUT2D eigenvalue weighted by Gasteiger charge is -2.45. The summed E-state index contributed by atoms with van der Waals surface area (Å²) in [5.41, 5.74) is 0.451. The first kappa shape index (κ1) is 18.9. The molecule has 1 unspecified atom stereocenters. The van der Waals surface area contributed by atoms with Crippen molar-refractivity contribution in [2.45, 2.75) is 52.5 Å². The van der Waals surface area contributed by atoms with Crippen molar-refractivity contribution in [3.8, 4) is 0 Å². The summed E-state index contributed by atoms with van der Waals surface area (Å²) in [6, 6.07) is 7.38. The van der Waals surface area contributed by atoms with E-state index >= 15 is 0 Å². The van der Waals surface area contributed by atoms with Crippen molar-refractivity contribution in [3.05, 3.63) is 47.0 Å². The molecule has 0 fully saturated rings. The molecule has 2 heterocycles. The lowest BCUT2D eigenvalue weighted by molar-refractivity contribution is 0.0689. The molecular formula is C20H25N3O4. The van der Waals surface area contributed by atoms with Gasteiger partial charge in [-0.3, -0.25) is 4.90 Å². The maximum absolute atomic E-state index is 12.3. The van der Waals surface area contributed by atoms with Gasteiger partial charge >= 0.3 is 12.1 Å². The van der Waals surface area contributed by atoms with E-state index in [0.717, 1.165) is 12.0 Å². The molecule has 0 radical (unpaired) electrons. The maximum Gasteiger partial charge on any atom is 0.412 e. The molecule has 2 aromatic rings. The monoisotopic (exact) mass is 371 g/mol. The number of hydrogen-bond acceptors (Lipinski definition) is 3. The Morgan fingerprint density at radius 2 is 1.93 bits per heavy atom. The number of carbonyl (C=O) groups is 2. The highest BCUT2D eigenvalue weighted by molar-refractivity contribution is 5.92. The second-order valence-electron chi connectivity index (χ2n) is 8.00. The van der Waals surface area contributed by atoms with E-state index in [4.69, 9.17) is 0 Å². The number of aryl methyl sites for hydroxylation is 1. The first-order valence-electron chi connectivity index (χ1n) is 9.07. The van der Waals surface area contributed by atoms with Gasteiger partial charge in [0.25, 0.3) is 0 Å². The summed E-state index contributed by atoms with van der Waals surface area (Å²) in [6.45, 7) is 7.83. The van der Waals surface area contributed by atoms with Crippen molar-refractivity contribution in [1.29, 1.82) is 0 Å². The molecule has 0 saturated carbocycles. The summed E-state index contributed by atoms with van der Waals surface area (Å²) in [6.07, 6.45) is 0.638. The van der Waals surface area contributed by atoms with Gasteiger partial charge in [-0.15, -0.1) is 0 Å². The number of aromatic amines is 1. The number of aromatic carboxylic acids is 1. The second kappa shape index (κ2) is 6.40. The normalized spacial score (nSPS) is 19.2. The van der Waals surface area contributed by atoms with Crippen molar-refractivity contribution in [2.24, 2.45) is 5.41 Å². The molecule has 0 bridgehead atoms. The number of nitrogens with one attached hydrogen (secondary N) is 1. The summed E-state index contributed by atoms with van der Waals surface area (Å²) >= 11 is 0. The van der Waals surface area contributed by atoms with Gasteiger partial charge < -0.3 is 15.2 Å². The maximum atomic E-state index is 12.3. The molecule has 27 heavy (non-hydrogen) atoms. The highest BCUT2D eigenvalue weighted by Crippen LogP contribution is 2.53. The Morgan fingerprint density at radius 3 is 2.48 bits per heavy atom. The Morgan fingerprint density at radius 1 is 1.26 bits per heavy atom. The molecule has 0 aliphatic carbocycles. The van der Waals surface area contributed by atoms with Crippen molar-refractivity contribution in [2.75, 3.05) is 4.90 Å². The average molecular weight is 371 g/mol. The summed E-state index contributed by atoms with van der Waals surface area (Å²) in [7, 11) is 0. The molecule has 144 valence electrons. The number of benzene rings is 1. The molecule has 1 aliphatic rings. The van der Waals surface area contributed by atoms with Crippen LogP contribution in [0.1, 0.15) is 61.7 Å². The number of nitrogens with zero attached hydrogens (tertiary/aromatic N) is 2. The Kier molecular flexibility index (Phi) is 4.49. The van der Waals surface area contributed by atoms with E-state index in [1.54, 1.807) is 12.1 Å². The van der Waals surface area contributed by atoms with Crippen molar-refractivity contribution in [1.82, 2.24) is 9.97 Å². The number of fused-ring (bicyclic) bond motifs is 1. The van der Waals surface area contributed by atoms with Crippen molar-refractivity contribution < 1.29 is 19.8 Å². The van der Waals surface area contributed by atoms with Crippen LogP contribution < -0.4 is 4.90 Å². The first-order chi connectivity index (χ1) is 12.6. The summed E-state index contributed by atoms with van der Waals surface area (Å²) in [5.74, 6) is -0.725. The summed E-state index contributed by atoms with van der Waals surface area (Å²) in [5, 5.41) is 19.6. The zero-order chi connectivity index (χ0) is 20.0. The third-order valence-corrected chi connectivity index (χ3v) is 5.37. The predicted molar refractivity (Wildman–Crippen MR) is 101 cm³/mol. The summed E-state index contributed by atoms with van der Waals surface area (Å²) < 4.78 is 0. The van der Waals surface area contributed by atoms with E-state index in [9.17, 15) is 19.8 Å². The van der Waals surface area contributed by atoms with E-state index in [2.05, 4.69) is 9.97 Å². The van der Waals surface area contributed by atoms with E-state index in [0.29, 0.717) is 30.0 Å². The Labute approximate surface area is 158 Å². The number of para-hydroxylation sites is 1. The number of carboxylic acid groups (broad SMARTS) is 2. The van der Waals surface area contributed by atoms with Crippen LogP contribution in [0.25, 0.3) is 0 Å². The van der Waals surface area contributed by atoms with Crippen molar-refractivity contribution >= 4 is 17.7 Å². The highest BCUT2D eigenvalue weighted by Gasteiger charge is 2.57. The van der Waals surface area contributed by atoms with Crippen LogP contribution in [-0.2, 0) is 18.4 Å². The van der Waals surface area contributed by atoms with Crippen LogP contribution in [-0.4, -0.2) is 32.2 Å². The topological polar surface area (TPSA) is 107 Å². The molecule has 1 atom stereocenters. The van der Waals surface area contributed by atoms with Crippen LogP contribution in [0.3, 0.4) is 0 Å². The minimum atomic E-state index is -1.11. The van der Waals surface area contributed by atoms with Gasteiger partial charge in [-0.05, 0) is 23.5 Å². The van der Waals surface area contributed by atoms with Crippen LogP contribution >= 0.6 is 0 Å². The number of aromatic nitrogens is 2. The average Bonchev–Trinajstić information content (AvgIpc) is 3.14. The number of imidazole rings is 1. The number of rotatable bonds is 4. The quantitative estimate of drug-likeness (QED) is 0.752. The number of carboxylic acids is 1. The fraction of sp³-hybridized carbons (Fsp3) is 0.450. The van der Waals surface area contributed by atoms with Crippen LogP contribution in [0.5, 0.6) is 0 Å². The molecule has 3 N–H and O–H groups in total. The standard InChI is InChI=1S/C20H25N3O4/c1-5-8-13-15(16(24)25)22-17(21-13)20(19(2,3)4)11-12-9-6-7-10-14(12)23(20)18(26)27/h6-7,9-10H,5,8,11H2,1-4H3,(H,21,22)(H,24,25)(H,26,27). The van der Waals surface area contributed by atoms with Gasteiger partial charge in [0.15, 0.2) is 5.69 Å². The molecule has 7 nitrogen and oxygen atoms in total. The minimum Gasteiger partial charge on any atom is -0.476 e. The van der Waals surface area contributed by atoms with E-state index in [-0.39, 0.29) is 5.69 Å². The molecule has 1 amide bonds. The van der Waals surface area contributed by atoms with Crippen LogP contribution in [0, 0.1) is 5.41 Å². The molecular weight excluding hydrogens is 346 g/mol. The Bertz CT molecular complexity index is 897. The molecule has 0 spiro atoms. The Balaban J connectivity index is 2.29. The first-order valence-corrected chi connectivity index (χ1v) is 9.07. The van der Waals surface area contributed by atoms with E-state index < -0.39 is 23.0 Å². The smallest absolute Gasteiger partial charge is 0.412 e. The molecule has 1 aliphatic heterocycles. The highest BCUT2D eigenvalue weighted by atomic mass is 16.4. The zero-order valence-corrected chi connectivity index (χ0v) is 16.0. The van der Waals surface area contributed by atoms with Gasteiger partial charge in [-0.25, -0.2) is 14.6 Å². The number of amides is 1. The molecule has 3 rings (SSSR count). The van der Waals surface area contributed by atoms with Gasteiger partial charge in [0.1, 0.15) is 11.4 Å². The number of anilines is 1. The number of H-pyrrole nitrogens is 1. The predicted octanol–water partition coefficient (Wildman–Crippen LogP) is 4.04. The van der Waals surface area contributed by atoms with Crippen LogP contribution in [0.4, 0.5) is 10.5 Å². The fourth-order valence-electron chi connectivity index (χ4n) is 4.06. The molecule has 7 heteroatoms. The second-order valence-corrected chi connectivity index (χ2v) is 8.00. The Hall–Kier alpha value is -2.83. The molecule has 0 saturated heterocycles. The third-order valence-electron chi connectivity index (χ3n) is 5.37. The van der Waals surface area contributed by atoms with Gasteiger partial charge in [0.05, 0.1) is 5.69 Å². The van der Waals surface area contributed by atoms with Gasteiger partial charge in [-0.1, -0.05) is 52.3 Å². The van der Waals surface area contributed by atoms with Crippen molar-refractivity contribution in [3.63, 3.8) is 0 Å². The number of hydrogen-bond donors (Lipinski definition) is 3. The van der Waals surface area contributed by atoms with Gasteiger partial charge in [-0.2, -0.15) is 0 Å². The third kappa shape index (κ3) is 2.78. The SMILES string of the molecule is CCCc1[nH]c(C2(C(C)(C)C)Cc3ccccc3N2C(=O)O)nc1C(=O)O. The van der Waals surface area contributed by atoms with Gasteiger partial charge in [0.2, 0.25) is 0 Å². The summed E-state index contributed by atoms with van der Waals surface area (Å²) in [4.78, 5) is 32.9. The molecule has 1 aromatic heterocycles. The van der Waals surface area contributed by atoms with Gasteiger partial charge in [0, 0.05) is 12.1 Å². The van der Waals surface area contributed by atoms with E-state index in [1.807, 2.05) is 39.8 Å². The minimum absolute atomic E-state index is 0.0308.